The highest BCUT2D eigenvalue weighted by Gasteiger charge is 2.24. The molecule has 0 spiro atoms. The van der Waals surface area contributed by atoms with Crippen LogP contribution in [0.1, 0.15) is 19.8 Å². The minimum absolute atomic E-state index is 0.0672. The van der Waals surface area contributed by atoms with Gasteiger partial charge in [0, 0.05) is 12.6 Å². The lowest BCUT2D eigenvalue weighted by Crippen LogP contribution is -2.32. The van der Waals surface area contributed by atoms with Gasteiger partial charge in [-0.15, -0.1) is 0 Å². The third kappa shape index (κ3) is 3.76. The molecule has 8 heteroatoms. The van der Waals surface area contributed by atoms with Crippen LogP contribution in [-0.4, -0.2) is 42.5 Å². The molecule has 0 atom stereocenters. The number of aromatic nitrogens is 2. The topological polar surface area (TPSA) is 84.0 Å². The molecule has 19 heavy (non-hydrogen) atoms. The second-order valence-corrected chi connectivity index (χ2v) is 6.79. The molecule has 1 aromatic rings. The van der Waals surface area contributed by atoms with E-state index in [0.717, 1.165) is 6.20 Å². The van der Waals surface area contributed by atoms with Crippen molar-refractivity contribution in [1.29, 1.82) is 0 Å². The first-order valence-electron chi connectivity index (χ1n) is 6.23. The Labute approximate surface area is 111 Å². The summed E-state index contributed by atoms with van der Waals surface area (Å²) in [4.78, 5) is 7.85. The van der Waals surface area contributed by atoms with E-state index in [0.29, 0.717) is 25.3 Å². The molecule has 0 unspecified atom stereocenters. The number of nitrogens with zero attached hydrogens (tertiary/aromatic N) is 2. The van der Waals surface area contributed by atoms with E-state index >= 15 is 0 Å². The van der Waals surface area contributed by atoms with Crippen molar-refractivity contribution in [3.63, 3.8) is 0 Å². The minimum atomic E-state index is -2.91. The second kappa shape index (κ2) is 5.68. The van der Waals surface area contributed by atoms with Crippen LogP contribution in [-0.2, 0) is 9.84 Å². The number of anilines is 2. The SMILES string of the molecule is CCNc1ncc(F)c(NC2CCS(=O)(=O)CC2)n1. The summed E-state index contributed by atoms with van der Waals surface area (Å²) in [5.74, 6) is 0.217. The van der Waals surface area contributed by atoms with E-state index in [1.54, 1.807) is 0 Å². The molecule has 0 saturated carbocycles. The van der Waals surface area contributed by atoms with Gasteiger partial charge in [0.2, 0.25) is 5.95 Å². The zero-order chi connectivity index (χ0) is 13.9. The summed E-state index contributed by atoms with van der Waals surface area (Å²) < 4.78 is 36.2. The van der Waals surface area contributed by atoms with Gasteiger partial charge in [-0.05, 0) is 19.8 Å². The molecule has 0 radical (unpaired) electrons. The number of hydrogen-bond donors (Lipinski definition) is 2. The molecule has 0 amide bonds. The standard InChI is InChI=1S/C11H17FN4O2S/c1-2-13-11-14-7-9(12)10(16-11)15-8-3-5-19(17,18)6-4-8/h7-8H,2-6H2,1H3,(H2,13,14,15,16). The lowest BCUT2D eigenvalue weighted by molar-refractivity contribution is 0.555. The highest BCUT2D eigenvalue weighted by atomic mass is 32.2. The van der Waals surface area contributed by atoms with E-state index in [2.05, 4.69) is 20.6 Å². The van der Waals surface area contributed by atoms with Crippen molar-refractivity contribution in [2.75, 3.05) is 28.7 Å². The van der Waals surface area contributed by atoms with E-state index in [1.165, 1.54) is 0 Å². The smallest absolute Gasteiger partial charge is 0.224 e. The van der Waals surface area contributed by atoms with E-state index in [-0.39, 0.29) is 23.4 Å². The summed E-state index contributed by atoms with van der Waals surface area (Å²) in [5, 5.41) is 5.86. The van der Waals surface area contributed by atoms with Gasteiger partial charge in [0.15, 0.2) is 11.6 Å². The zero-order valence-corrected chi connectivity index (χ0v) is 11.5. The normalized spacial score (nSPS) is 19.1. The van der Waals surface area contributed by atoms with Gasteiger partial charge in [-0.25, -0.2) is 17.8 Å². The Kier molecular flexibility index (Phi) is 4.18. The Balaban J connectivity index is 2.04. The summed E-state index contributed by atoms with van der Waals surface area (Å²) >= 11 is 0. The molecule has 1 aromatic heterocycles. The van der Waals surface area contributed by atoms with Crippen molar-refractivity contribution >= 4 is 21.6 Å². The van der Waals surface area contributed by atoms with Crippen molar-refractivity contribution in [3.8, 4) is 0 Å². The number of rotatable bonds is 4. The Morgan fingerprint density at radius 3 is 2.74 bits per heavy atom. The number of sulfone groups is 1. The summed E-state index contributed by atoms with van der Waals surface area (Å²) in [5.41, 5.74) is 0. The molecule has 1 aliphatic rings. The first-order chi connectivity index (χ1) is 9.00. The van der Waals surface area contributed by atoms with Gasteiger partial charge in [-0.3, -0.25) is 0 Å². The van der Waals surface area contributed by atoms with Crippen LogP contribution in [0, 0.1) is 5.82 Å². The lowest BCUT2D eigenvalue weighted by atomic mass is 10.1. The van der Waals surface area contributed by atoms with Gasteiger partial charge in [-0.1, -0.05) is 0 Å². The quantitative estimate of drug-likeness (QED) is 0.861. The maximum atomic E-state index is 13.6. The van der Waals surface area contributed by atoms with Crippen LogP contribution in [0.25, 0.3) is 0 Å². The number of nitrogens with one attached hydrogen (secondary N) is 2. The van der Waals surface area contributed by atoms with Crippen LogP contribution in [0.3, 0.4) is 0 Å². The maximum absolute atomic E-state index is 13.6. The van der Waals surface area contributed by atoms with Gasteiger partial charge >= 0.3 is 0 Å². The molecule has 2 N–H and O–H groups in total. The molecule has 0 aromatic carbocycles. The van der Waals surface area contributed by atoms with E-state index in [1.807, 2.05) is 6.92 Å². The molecule has 2 heterocycles. The van der Waals surface area contributed by atoms with Crippen LogP contribution in [0.5, 0.6) is 0 Å². The third-order valence-corrected chi connectivity index (χ3v) is 4.69. The maximum Gasteiger partial charge on any atom is 0.224 e. The molecular formula is C11H17FN4O2S. The largest absolute Gasteiger partial charge is 0.365 e. The predicted octanol–water partition coefficient (Wildman–Crippen LogP) is 1.04. The first-order valence-corrected chi connectivity index (χ1v) is 8.05. The van der Waals surface area contributed by atoms with Crippen molar-refractivity contribution in [2.24, 2.45) is 0 Å². The summed E-state index contributed by atoms with van der Waals surface area (Å²) in [6.07, 6.45) is 2.05. The van der Waals surface area contributed by atoms with Gasteiger partial charge in [0.05, 0.1) is 17.7 Å². The van der Waals surface area contributed by atoms with Crippen LogP contribution in [0.15, 0.2) is 6.20 Å². The van der Waals surface area contributed by atoms with Gasteiger partial charge in [0.1, 0.15) is 9.84 Å². The van der Waals surface area contributed by atoms with Crippen LogP contribution in [0.2, 0.25) is 0 Å². The average Bonchev–Trinajstić information content (AvgIpc) is 2.36. The highest BCUT2D eigenvalue weighted by Crippen LogP contribution is 2.19. The highest BCUT2D eigenvalue weighted by molar-refractivity contribution is 7.91. The van der Waals surface area contributed by atoms with E-state index in [9.17, 15) is 12.8 Å². The minimum Gasteiger partial charge on any atom is -0.365 e. The molecule has 106 valence electrons. The fourth-order valence-electron chi connectivity index (χ4n) is 1.94. The van der Waals surface area contributed by atoms with Crippen LogP contribution < -0.4 is 10.6 Å². The van der Waals surface area contributed by atoms with Gasteiger partial charge in [0.25, 0.3) is 0 Å². The van der Waals surface area contributed by atoms with Gasteiger partial charge in [-0.2, -0.15) is 4.98 Å². The Morgan fingerprint density at radius 1 is 1.42 bits per heavy atom. The van der Waals surface area contributed by atoms with Crippen molar-refractivity contribution < 1.29 is 12.8 Å². The van der Waals surface area contributed by atoms with Gasteiger partial charge < -0.3 is 10.6 Å². The second-order valence-electron chi connectivity index (χ2n) is 4.49. The molecule has 6 nitrogen and oxygen atoms in total. The van der Waals surface area contributed by atoms with Crippen LogP contribution in [0.4, 0.5) is 16.2 Å². The number of hydrogen-bond acceptors (Lipinski definition) is 6. The first kappa shape index (κ1) is 14.0. The monoisotopic (exact) mass is 288 g/mol. The fourth-order valence-corrected chi connectivity index (χ4v) is 3.43. The third-order valence-electron chi connectivity index (χ3n) is 2.97. The molecule has 1 saturated heterocycles. The van der Waals surface area contributed by atoms with E-state index in [4.69, 9.17) is 0 Å². The molecule has 2 rings (SSSR count). The molecular weight excluding hydrogens is 271 g/mol. The molecule has 0 aliphatic carbocycles. The lowest BCUT2D eigenvalue weighted by Gasteiger charge is -2.23. The Hall–Kier alpha value is -1.44. The Morgan fingerprint density at radius 2 is 2.11 bits per heavy atom. The van der Waals surface area contributed by atoms with E-state index < -0.39 is 15.7 Å². The fraction of sp³-hybridized carbons (Fsp3) is 0.636. The van der Waals surface area contributed by atoms with Crippen molar-refractivity contribution in [2.45, 2.75) is 25.8 Å². The summed E-state index contributed by atoms with van der Waals surface area (Å²) in [7, 11) is -2.91. The van der Waals surface area contributed by atoms with Crippen molar-refractivity contribution in [3.05, 3.63) is 12.0 Å². The van der Waals surface area contributed by atoms with Crippen LogP contribution >= 0.6 is 0 Å². The average molecular weight is 288 g/mol. The van der Waals surface area contributed by atoms with Crippen molar-refractivity contribution in [1.82, 2.24) is 9.97 Å². The molecule has 1 aliphatic heterocycles. The summed E-state index contributed by atoms with van der Waals surface area (Å²) in [6.45, 7) is 2.54. The number of halogens is 1. The Bertz CT molecular complexity index is 536. The zero-order valence-electron chi connectivity index (χ0n) is 10.7. The summed E-state index contributed by atoms with van der Waals surface area (Å²) in [6, 6.07) is -0.0672. The molecule has 1 fully saturated rings. The predicted molar refractivity (Wildman–Crippen MR) is 71.5 cm³/mol. The molecule has 0 bridgehead atoms.